The zero-order valence-corrected chi connectivity index (χ0v) is 20.0. The van der Waals surface area contributed by atoms with Crippen molar-refractivity contribution in [1.29, 1.82) is 0 Å². The molecule has 9 heteroatoms. The van der Waals surface area contributed by atoms with Gasteiger partial charge in [0, 0.05) is 38.5 Å². The Hall–Kier alpha value is -2.78. The standard InChI is InChI=1S/C25H29N3O5S/c1-17(29)33-21-15-32-23(34-21)22(30)28-14-11-25(16-28)9-12-27(13-10-25)24(31)26-20-8-4-6-18-5-2-3-7-19(18)20/h2-8,21,23H,9-16H2,1H3,(H,26,31). The van der Waals surface area contributed by atoms with E-state index in [1.165, 1.54) is 18.7 Å². The summed E-state index contributed by atoms with van der Waals surface area (Å²) in [5.74, 6) is -0.418. The van der Waals surface area contributed by atoms with E-state index in [1.54, 1.807) is 0 Å². The van der Waals surface area contributed by atoms with Gasteiger partial charge in [0.1, 0.15) is 0 Å². The van der Waals surface area contributed by atoms with Gasteiger partial charge in [-0.05, 0) is 36.1 Å². The average molecular weight is 484 g/mol. The predicted molar refractivity (Wildman–Crippen MR) is 130 cm³/mol. The van der Waals surface area contributed by atoms with Crippen LogP contribution in [0.2, 0.25) is 0 Å². The largest absolute Gasteiger partial charge is 0.449 e. The number of hydrogen-bond acceptors (Lipinski definition) is 6. The number of esters is 1. The molecule has 1 spiro atoms. The summed E-state index contributed by atoms with van der Waals surface area (Å²) in [7, 11) is 0. The monoisotopic (exact) mass is 483 g/mol. The van der Waals surface area contributed by atoms with Crippen LogP contribution in [0, 0.1) is 5.41 Å². The van der Waals surface area contributed by atoms with Crippen molar-refractivity contribution in [3.63, 3.8) is 0 Å². The van der Waals surface area contributed by atoms with Crippen molar-refractivity contribution in [3.8, 4) is 0 Å². The minimum absolute atomic E-state index is 0.0461. The molecule has 2 aromatic rings. The van der Waals surface area contributed by atoms with E-state index in [0.717, 1.165) is 35.7 Å². The molecule has 0 saturated carbocycles. The molecule has 3 aliphatic heterocycles. The van der Waals surface area contributed by atoms with Crippen LogP contribution in [0.3, 0.4) is 0 Å². The number of thioether (sulfide) groups is 1. The molecule has 34 heavy (non-hydrogen) atoms. The van der Waals surface area contributed by atoms with Crippen LogP contribution in [0.15, 0.2) is 42.5 Å². The first-order chi connectivity index (χ1) is 16.4. The van der Waals surface area contributed by atoms with Gasteiger partial charge < -0.3 is 24.6 Å². The molecule has 3 amide bonds. The summed E-state index contributed by atoms with van der Waals surface area (Å²) < 4.78 is 10.7. The Kier molecular flexibility index (Phi) is 6.40. The summed E-state index contributed by atoms with van der Waals surface area (Å²) in [5, 5.41) is 5.20. The predicted octanol–water partition coefficient (Wildman–Crippen LogP) is 3.66. The second-order valence-corrected chi connectivity index (χ2v) is 10.5. The maximum Gasteiger partial charge on any atom is 0.321 e. The molecule has 3 aliphatic rings. The number of amides is 3. The number of urea groups is 1. The minimum Gasteiger partial charge on any atom is -0.449 e. The Morgan fingerprint density at radius 1 is 1.03 bits per heavy atom. The Morgan fingerprint density at radius 3 is 2.50 bits per heavy atom. The van der Waals surface area contributed by atoms with E-state index < -0.39 is 10.9 Å². The third kappa shape index (κ3) is 4.72. The summed E-state index contributed by atoms with van der Waals surface area (Å²) >= 11 is 1.26. The molecule has 0 radical (unpaired) electrons. The number of carbonyl (C=O) groups excluding carboxylic acids is 3. The third-order valence-electron chi connectivity index (χ3n) is 7.05. The second kappa shape index (κ2) is 9.46. The topological polar surface area (TPSA) is 88.2 Å². The molecule has 3 heterocycles. The van der Waals surface area contributed by atoms with Crippen LogP contribution < -0.4 is 5.32 Å². The van der Waals surface area contributed by atoms with Crippen LogP contribution in [0.5, 0.6) is 0 Å². The summed E-state index contributed by atoms with van der Waals surface area (Å²) in [6.07, 6.45) is 2.67. The van der Waals surface area contributed by atoms with Crippen molar-refractivity contribution in [2.24, 2.45) is 5.41 Å². The quantitative estimate of drug-likeness (QED) is 0.671. The Balaban J connectivity index is 1.14. The number of benzene rings is 2. The molecule has 5 rings (SSSR count). The first-order valence-electron chi connectivity index (χ1n) is 11.7. The zero-order valence-electron chi connectivity index (χ0n) is 19.2. The lowest BCUT2D eigenvalue weighted by Crippen LogP contribution is -2.46. The SMILES string of the molecule is CC(=O)OC1COC(C(=O)N2CCC3(CCN(C(=O)Nc4cccc5ccccc45)CC3)C2)S1. The fourth-order valence-corrected chi connectivity index (χ4v) is 6.20. The molecular formula is C25H29N3O5S. The van der Waals surface area contributed by atoms with Gasteiger partial charge in [0.25, 0.3) is 5.91 Å². The average Bonchev–Trinajstić information content (AvgIpc) is 3.46. The van der Waals surface area contributed by atoms with Gasteiger partial charge in [-0.3, -0.25) is 9.59 Å². The number of nitrogens with one attached hydrogen (secondary N) is 1. The summed E-state index contributed by atoms with van der Waals surface area (Å²) in [5.41, 5.74) is -0.176. The zero-order chi connectivity index (χ0) is 23.7. The first-order valence-corrected chi connectivity index (χ1v) is 12.6. The molecule has 2 atom stereocenters. The Labute approximate surface area is 202 Å². The van der Waals surface area contributed by atoms with Crippen LogP contribution in [0.4, 0.5) is 10.5 Å². The van der Waals surface area contributed by atoms with Crippen molar-refractivity contribution >= 4 is 46.1 Å². The lowest BCUT2D eigenvalue weighted by molar-refractivity contribution is -0.144. The Morgan fingerprint density at radius 2 is 1.74 bits per heavy atom. The highest BCUT2D eigenvalue weighted by Gasteiger charge is 2.45. The molecule has 0 aromatic heterocycles. The number of carbonyl (C=O) groups is 3. The molecule has 180 valence electrons. The normalized spacial score (nSPS) is 23.9. The lowest BCUT2D eigenvalue weighted by Gasteiger charge is -2.39. The number of hydrogen-bond donors (Lipinski definition) is 1. The van der Waals surface area contributed by atoms with Gasteiger partial charge in [-0.25, -0.2) is 4.79 Å². The molecule has 2 unspecified atom stereocenters. The van der Waals surface area contributed by atoms with E-state index in [1.807, 2.05) is 52.3 Å². The highest BCUT2D eigenvalue weighted by Crippen LogP contribution is 2.42. The summed E-state index contributed by atoms with van der Waals surface area (Å²) in [6, 6.07) is 13.9. The van der Waals surface area contributed by atoms with E-state index in [2.05, 4.69) is 5.32 Å². The fraction of sp³-hybridized carbons (Fsp3) is 0.480. The number of fused-ring (bicyclic) bond motifs is 1. The van der Waals surface area contributed by atoms with Crippen LogP contribution in [0.25, 0.3) is 10.8 Å². The minimum atomic E-state index is -0.619. The second-order valence-electron chi connectivity index (χ2n) is 9.29. The molecule has 3 saturated heterocycles. The highest BCUT2D eigenvalue weighted by atomic mass is 32.2. The van der Waals surface area contributed by atoms with Gasteiger partial charge >= 0.3 is 12.0 Å². The van der Waals surface area contributed by atoms with E-state index in [0.29, 0.717) is 26.2 Å². The van der Waals surface area contributed by atoms with Gasteiger partial charge in [-0.15, -0.1) is 0 Å². The maximum atomic E-state index is 13.0. The first kappa shape index (κ1) is 23.0. The van der Waals surface area contributed by atoms with Gasteiger partial charge in [-0.1, -0.05) is 48.2 Å². The Bertz CT molecular complexity index is 1100. The van der Waals surface area contributed by atoms with E-state index in [4.69, 9.17) is 9.47 Å². The van der Waals surface area contributed by atoms with E-state index >= 15 is 0 Å². The molecule has 3 fully saturated rings. The fourth-order valence-electron chi connectivity index (χ4n) is 5.15. The van der Waals surface area contributed by atoms with Crippen LogP contribution >= 0.6 is 11.8 Å². The molecule has 8 nitrogen and oxygen atoms in total. The van der Waals surface area contributed by atoms with E-state index in [-0.39, 0.29) is 29.9 Å². The molecule has 2 aromatic carbocycles. The smallest absolute Gasteiger partial charge is 0.321 e. The van der Waals surface area contributed by atoms with E-state index in [9.17, 15) is 14.4 Å². The lowest BCUT2D eigenvalue weighted by atomic mass is 9.78. The highest BCUT2D eigenvalue weighted by molar-refractivity contribution is 8.01. The number of nitrogens with zero attached hydrogens (tertiary/aromatic N) is 2. The number of anilines is 1. The number of ether oxygens (including phenoxy) is 2. The number of piperidine rings is 1. The van der Waals surface area contributed by atoms with Gasteiger partial charge in [0.05, 0.1) is 12.3 Å². The van der Waals surface area contributed by atoms with Crippen molar-refractivity contribution in [3.05, 3.63) is 42.5 Å². The van der Waals surface area contributed by atoms with Crippen LogP contribution in [0.1, 0.15) is 26.2 Å². The molecular weight excluding hydrogens is 454 g/mol. The van der Waals surface area contributed by atoms with Crippen LogP contribution in [-0.4, -0.2) is 71.4 Å². The van der Waals surface area contributed by atoms with Crippen LogP contribution in [-0.2, 0) is 19.1 Å². The summed E-state index contributed by atoms with van der Waals surface area (Å²) in [4.78, 5) is 40.8. The van der Waals surface area contributed by atoms with Gasteiger partial charge in [0.15, 0.2) is 10.9 Å². The molecule has 0 aliphatic carbocycles. The third-order valence-corrected chi connectivity index (χ3v) is 8.17. The van der Waals surface area contributed by atoms with Crippen molar-refractivity contribution in [2.45, 2.75) is 37.1 Å². The summed E-state index contributed by atoms with van der Waals surface area (Å²) in [6.45, 7) is 4.31. The van der Waals surface area contributed by atoms with Crippen molar-refractivity contribution in [1.82, 2.24) is 9.80 Å². The van der Waals surface area contributed by atoms with Crippen molar-refractivity contribution in [2.75, 3.05) is 38.1 Å². The number of rotatable bonds is 3. The molecule has 0 bridgehead atoms. The van der Waals surface area contributed by atoms with Gasteiger partial charge in [-0.2, -0.15) is 0 Å². The van der Waals surface area contributed by atoms with Crippen molar-refractivity contribution < 1.29 is 23.9 Å². The number of likely N-dealkylation sites (tertiary alicyclic amines) is 2. The van der Waals surface area contributed by atoms with Gasteiger partial charge in [0.2, 0.25) is 0 Å². The maximum absolute atomic E-state index is 13.0. The molecule has 1 N–H and O–H groups in total.